The van der Waals surface area contributed by atoms with Crippen LogP contribution in [0.4, 0.5) is 0 Å². The topological polar surface area (TPSA) is 42.5 Å². The highest BCUT2D eigenvalue weighted by molar-refractivity contribution is 5.85. The lowest BCUT2D eigenvalue weighted by atomic mass is 10.2. The van der Waals surface area contributed by atoms with Gasteiger partial charge in [0.2, 0.25) is 0 Å². The summed E-state index contributed by atoms with van der Waals surface area (Å²) >= 11 is 0. The molecule has 4 rings (SSSR count). The molecular weight excluding hydrogens is 299 g/mol. The van der Waals surface area contributed by atoms with Crippen molar-refractivity contribution in [2.75, 3.05) is 26.3 Å². The van der Waals surface area contributed by atoms with Gasteiger partial charge >= 0.3 is 0 Å². The molecule has 0 aromatic carbocycles. The van der Waals surface area contributed by atoms with E-state index < -0.39 is 0 Å². The molecule has 2 saturated heterocycles. The summed E-state index contributed by atoms with van der Waals surface area (Å²) in [5, 5.41) is 6.91. The minimum atomic E-state index is 0. The number of rotatable bonds is 0. The smallest absolute Gasteiger partial charge is 0.0728 e. The molecule has 0 aromatic heterocycles. The van der Waals surface area contributed by atoms with Gasteiger partial charge in [0.05, 0.1) is 25.4 Å². The van der Waals surface area contributed by atoms with Crippen LogP contribution in [0.1, 0.15) is 38.5 Å². The average Bonchev–Trinajstić information content (AvgIpc) is 3.08. The Morgan fingerprint density at radius 1 is 0.650 bits per heavy atom. The van der Waals surface area contributed by atoms with Crippen LogP contribution < -0.4 is 10.6 Å². The molecule has 4 nitrogen and oxygen atoms in total. The Morgan fingerprint density at radius 3 is 1.50 bits per heavy atom. The summed E-state index contributed by atoms with van der Waals surface area (Å²) in [7, 11) is 0. The maximum Gasteiger partial charge on any atom is 0.0728 e. The first-order valence-corrected chi connectivity index (χ1v) is 7.63. The zero-order chi connectivity index (χ0) is 12.2. The van der Waals surface area contributed by atoms with Gasteiger partial charge < -0.3 is 20.1 Å². The summed E-state index contributed by atoms with van der Waals surface area (Å²) < 4.78 is 11.1. The average molecular weight is 327 g/mol. The molecule has 0 amide bonds. The summed E-state index contributed by atoms with van der Waals surface area (Å²) in [6.45, 7) is 3.95. The summed E-state index contributed by atoms with van der Waals surface area (Å²) in [6, 6.07) is 1.39. The van der Waals surface area contributed by atoms with Crippen molar-refractivity contribution in [1.29, 1.82) is 0 Å². The lowest BCUT2D eigenvalue weighted by Gasteiger charge is -2.26. The van der Waals surface area contributed by atoms with Crippen LogP contribution in [-0.2, 0) is 9.47 Å². The first kappa shape index (κ1) is 18.5. The lowest BCUT2D eigenvalue weighted by Crippen LogP contribution is -2.44. The second-order valence-corrected chi connectivity index (χ2v) is 5.80. The number of fused-ring (bicyclic) bond motifs is 2. The predicted octanol–water partition coefficient (Wildman–Crippen LogP) is 1.90. The highest BCUT2D eigenvalue weighted by atomic mass is 35.5. The van der Waals surface area contributed by atoms with Crippen LogP contribution in [0, 0.1) is 0 Å². The van der Waals surface area contributed by atoms with Crippen molar-refractivity contribution in [2.45, 2.75) is 62.8 Å². The van der Waals surface area contributed by atoms with Crippen LogP contribution in [0.5, 0.6) is 0 Å². The van der Waals surface area contributed by atoms with Crippen LogP contribution >= 0.6 is 24.8 Å². The largest absolute Gasteiger partial charge is 0.375 e. The van der Waals surface area contributed by atoms with E-state index in [-0.39, 0.29) is 24.8 Å². The molecule has 2 aliphatic heterocycles. The fraction of sp³-hybridized carbons (Fsp3) is 1.00. The molecule has 2 aliphatic carbocycles. The zero-order valence-electron chi connectivity index (χ0n) is 12.0. The third-order valence-corrected chi connectivity index (χ3v) is 4.59. The highest BCUT2D eigenvalue weighted by Crippen LogP contribution is 2.24. The number of hydrogen-bond acceptors (Lipinski definition) is 4. The minimum absolute atomic E-state index is 0. The van der Waals surface area contributed by atoms with Gasteiger partial charge in [0.25, 0.3) is 0 Å². The second kappa shape index (κ2) is 9.44. The molecule has 4 aliphatic rings. The maximum absolute atomic E-state index is 5.54. The third-order valence-electron chi connectivity index (χ3n) is 4.59. The number of morpholine rings is 2. The Labute approximate surface area is 134 Å². The molecule has 0 bridgehead atoms. The fourth-order valence-corrected chi connectivity index (χ4v) is 3.63. The van der Waals surface area contributed by atoms with E-state index in [2.05, 4.69) is 10.6 Å². The molecule has 6 heteroatoms. The van der Waals surface area contributed by atoms with Gasteiger partial charge in [-0.15, -0.1) is 24.8 Å². The van der Waals surface area contributed by atoms with Gasteiger partial charge in [-0.1, -0.05) is 0 Å². The summed E-state index contributed by atoms with van der Waals surface area (Å²) in [5.41, 5.74) is 0. The van der Waals surface area contributed by atoms with E-state index in [1.54, 1.807) is 0 Å². The van der Waals surface area contributed by atoms with Gasteiger partial charge in [0.1, 0.15) is 0 Å². The van der Waals surface area contributed by atoms with Crippen molar-refractivity contribution < 1.29 is 9.47 Å². The first-order chi connectivity index (χ1) is 8.93. The van der Waals surface area contributed by atoms with Crippen LogP contribution in [0.25, 0.3) is 0 Å². The molecule has 2 N–H and O–H groups in total. The molecular formula is C14H28Cl2N2O2. The van der Waals surface area contributed by atoms with Gasteiger partial charge in [-0.25, -0.2) is 0 Å². The van der Waals surface area contributed by atoms with Gasteiger partial charge in [-0.05, 0) is 38.5 Å². The van der Waals surface area contributed by atoms with Crippen molar-refractivity contribution >= 4 is 24.8 Å². The molecule has 4 fully saturated rings. The molecule has 4 atom stereocenters. The van der Waals surface area contributed by atoms with Crippen molar-refractivity contribution in [2.24, 2.45) is 0 Å². The number of nitrogens with one attached hydrogen (secondary N) is 2. The molecule has 2 saturated carbocycles. The van der Waals surface area contributed by atoms with Crippen LogP contribution in [-0.4, -0.2) is 50.6 Å². The van der Waals surface area contributed by atoms with Gasteiger partial charge in [-0.3, -0.25) is 0 Å². The number of hydrogen-bond donors (Lipinski definition) is 2. The summed E-state index contributed by atoms with van der Waals surface area (Å²) in [5.74, 6) is 0. The Hall–Kier alpha value is 0.420. The zero-order valence-corrected chi connectivity index (χ0v) is 13.6. The van der Waals surface area contributed by atoms with E-state index in [0.29, 0.717) is 24.3 Å². The Bertz CT molecular complexity index is 222. The standard InChI is InChI=1S/2C7H13NO.2ClH/c2*1-2-6-7(3-1)9-5-4-8-6;;/h2*6-8H,1-5H2;2*1H/t2*6-,7+;;/m10../s1. The summed E-state index contributed by atoms with van der Waals surface area (Å²) in [6.07, 6.45) is 9.01. The van der Waals surface area contributed by atoms with E-state index in [9.17, 15) is 0 Å². The van der Waals surface area contributed by atoms with Gasteiger partial charge in [-0.2, -0.15) is 0 Å². The van der Waals surface area contributed by atoms with Gasteiger partial charge in [0.15, 0.2) is 0 Å². The van der Waals surface area contributed by atoms with E-state index in [1.807, 2.05) is 0 Å². The lowest BCUT2D eigenvalue weighted by molar-refractivity contribution is 0.0113. The van der Waals surface area contributed by atoms with Crippen LogP contribution in [0.2, 0.25) is 0 Å². The first-order valence-electron chi connectivity index (χ1n) is 7.63. The fourth-order valence-electron chi connectivity index (χ4n) is 3.63. The van der Waals surface area contributed by atoms with Crippen molar-refractivity contribution in [3.05, 3.63) is 0 Å². The van der Waals surface area contributed by atoms with E-state index in [4.69, 9.17) is 9.47 Å². The van der Waals surface area contributed by atoms with Crippen LogP contribution in [0.15, 0.2) is 0 Å². The molecule has 120 valence electrons. The van der Waals surface area contributed by atoms with Gasteiger partial charge in [0, 0.05) is 25.2 Å². The maximum atomic E-state index is 5.54. The monoisotopic (exact) mass is 326 g/mol. The van der Waals surface area contributed by atoms with Crippen molar-refractivity contribution in [1.82, 2.24) is 10.6 Å². The Kier molecular flexibility index (Phi) is 8.72. The van der Waals surface area contributed by atoms with E-state index >= 15 is 0 Å². The Morgan fingerprint density at radius 2 is 1.10 bits per heavy atom. The quantitative estimate of drug-likeness (QED) is 0.713. The molecule has 0 radical (unpaired) electrons. The van der Waals surface area contributed by atoms with Crippen molar-refractivity contribution in [3.63, 3.8) is 0 Å². The second-order valence-electron chi connectivity index (χ2n) is 5.80. The molecule has 2 heterocycles. The molecule has 0 unspecified atom stereocenters. The molecule has 0 aromatic rings. The van der Waals surface area contributed by atoms with Crippen LogP contribution in [0.3, 0.4) is 0 Å². The number of ether oxygens (including phenoxy) is 2. The number of halogens is 2. The van der Waals surface area contributed by atoms with E-state index in [1.165, 1.54) is 38.5 Å². The molecule has 0 spiro atoms. The van der Waals surface area contributed by atoms with Crippen molar-refractivity contribution in [3.8, 4) is 0 Å². The summed E-state index contributed by atoms with van der Waals surface area (Å²) in [4.78, 5) is 0. The highest BCUT2D eigenvalue weighted by Gasteiger charge is 2.30. The normalized spacial score (nSPS) is 38.4. The SMILES string of the molecule is C1C[C@@H]2NCCO[C@@H]2C1.C1C[C@@H]2OCCN[C@@H]2C1.Cl.Cl. The molecule has 20 heavy (non-hydrogen) atoms. The minimum Gasteiger partial charge on any atom is -0.375 e. The Balaban J connectivity index is 0.000000182. The third kappa shape index (κ3) is 4.72. The van der Waals surface area contributed by atoms with E-state index in [0.717, 1.165) is 26.3 Å². The predicted molar refractivity (Wildman–Crippen MR) is 85.3 cm³/mol.